The summed E-state index contributed by atoms with van der Waals surface area (Å²) >= 11 is 3.26. The Labute approximate surface area is 121 Å². The molecule has 0 atom stereocenters. The van der Waals surface area contributed by atoms with Gasteiger partial charge in [0.15, 0.2) is 0 Å². The van der Waals surface area contributed by atoms with Gasteiger partial charge in [-0.05, 0) is 0 Å². The van der Waals surface area contributed by atoms with Crippen LogP contribution in [0.5, 0.6) is 0 Å². The van der Waals surface area contributed by atoms with Gasteiger partial charge in [-0.3, -0.25) is 12.9 Å². The van der Waals surface area contributed by atoms with E-state index in [1.54, 1.807) is 0 Å². The molecule has 0 heterocycles. The number of halogens is 4. The second-order valence-electron chi connectivity index (χ2n) is 1.46. The maximum atomic E-state index is 9.67. The van der Waals surface area contributed by atoms with E-state index in [4.69, 9.17) is 0 Å². The fourth-order valence-electron chi connectivity index (χ4n) is 0.371. The molecule has 0 bridgehead atoms. The zero-order valence-corrected chi connectivity index (χ0v) is 11.1. The quantitative estimate of drug-likeness (QED) is 0.461. The summed E-state index contributed by atoms with van der Waals surface area (Å²) in [6.45, 7) is 0. The Morgan fingerprint density at radius 2 is 1.75 bits per heavy atom. The minimum Gasteiger partial charge on any atom is -0.254 e. The van der Waals surface area contributed by atoms with Crippen LogP contribution >= 0.6 is 15.9 Å². The van der Waals surface area contributed by atoms with E-state index < -0.39 is 7.54 Å². The van der Waals surface area contributed by atoms with Crippen molar-refractivity contribution in [2.45, 2.75) is 0 Å². The summed E-state index contributed by atoms with van der Waals surface area (Å²) < 4.78 is 30.0. The number of benzene rings is 1. The van der Waals surface area contributed by atoms with E-state index in [9.17, 15) is 12.9 Å². The molecule has 0 saturated heterocycles. The van der Waals surface area contributed by atoms with E-state index in [1.165, 1.54) is 0 Å². The molecular weight excluding hydrogens is 259 g/mol. The van der Waals surface area contributed by atoms with E-state index in [1.807, 2.05) is 24.3 Å². The molecule has 0 aromatic heterocycles. The van der Waals surface area contributed by atoms with E-state index >= 15 is 0 Å². The van der Waals surface area contributed by atoms with E-state index in [2.05, 4.69) is 22.0 Å². The van der Waals surface area contributed by atoms with Crippen LogP contribution in [-0.2, 0) is 0 Å². The Morgan fingerprint density at radius 1 is 1.25 bits per heavy atom. The first kappa shape index (κ1) is 15.7. The molecule has 0 radical (unpaired) electrons. The summed E-state index contributed by atoms with van der Waals surface area (Å²) in [4.78, 5) is 0. The van der Waals surface area contributed by atoms with Gasteiger partial charge in [-0.25, -0.2) is 0 Å². The van der Waals surface area contributed by atoms with E-state index in [0.29, 0.717) is 0 Å². The zero-order chi connectivity index (χ0) is 8.69. The average molecular weight is 263 g/mol. The number of hydrogen-bond donors (Lipinski definition) is 0. The van der Waals surface area contributed by atoms with E-state index in [-0.39, 0.29) is 51.4 Å². The first-order valence-corrected chi connectivity index (χ1v) is 3.46. The third-order valence-electron chi connectivity index (χ3n) is 0.671. The average Bonchev–Trinajstić information content (AvgIpc) is 1.87. The van der Waals surface area contributed by atoms with Crippen molar-refractivity contribution in [1.82, 2.24) is 0 Å². The molecule has 0 saturated carbocycles. The van der Waals surface area contributed by atoms with Gasteiger partial charge >= 0.3 is 58.9 Å². The van der Waals surface area contributed by atoms with Crippen LogP contribution in [0, 0.1) is 6.07 Å². The second kappa shape index (κ2) is 10.3. The third kappa shape index (κ3) is 13.8. The fraction of sp³-hybridized carbons (Fsp3) is 0. The SMILES string of the molecule is Brc1[c-]cccc1.FB(F)F.[K+]. The number of hydrogen-bond acceptors (Lipinski definition) is 0. The van der Waals surface area contributed by atoms with Gasteiger partial charge in [0.25, 0.3) is 0 Å². The van der Waals surface area contributed by atoms with Gasteiger partial charge in [-0.15, -0.1) is 0 Å². The predicted octanol–water partition coefficient (Wildman–Crippen LogP) is 0.133. The van der Waals surface area contributed by atoms with Gasteiger partial charge in [0, 0.05) is 0 Å². The van der Waals surface area contributed by atoms with Gasteiger partial charge < -0.3 is 0 Å². The van der Waals surface area contributed by atoms with Crippen molar-refractivity contribution in [2.75, 3.05) is 0 Å². The summed E-state index contributed by atoms with van der Waals surface area (Å²) in [7, 11) is -3.67. The summed E-state index contributed by atoms with van der Waals surface area (Å²) in [5.41, 5.74) is 0. The second-order valence-corrected chi connectivity index (χ2v) is 2.31. The molecule has 0 amide bonds. The molecule has 0 aliphatic heterocycles. The summed E-state index contributed by atoms with van der Waals surface area (Å²) in [5, 5.41) is 0. The van der Waals surface area contributed by atoms with Crippen LogP contribution in [0.1, 0.15) is 0 Å². The van der Waals surface area contributed by atoms with Crippen LogP contribution in [0.2, 0.25) is 0 Å². The van der Waals surface area contributed by atoms with Crippen molar-refractivity contribution >= 4 is 23.5 Å². The molecule has 60 valence electrons. The molecule has 6 heteroatoms. The Hall–Kier alpha value is 1.19. The maximum absolute atomic E-state index is 9.67. The largest absolute Gasteiger partial charge is 1.00 e. The minimum absolute atomic E-state index is 0. The van der Waals surface area contributed by atoms with Crippen molar-refractivity contribution in [3.63, 3.8) is 0 Å². The standard InChI is InChI=1S/C6H4Br.BF3.K/c7-6-4-2-1-3-5-6;2-1(3)4;/h1-4H;;/q-1;;+1. The maximum Gasteiger partial charge on any atom is 1.00 e. The van der Waals surface area contributed by atoms with Crippen molar-refractivity contribution in [3.05, 3.63) is 34.8 Å². The molecule has 0 spiro atoms. The Bertz CT molecular complexity index is 183. The van der Waals surface area contributed by atoms with Crippen LogP contribution in [0.3, 0.4) is 0 Å². The molecular formula is C6H4BBrF3K. The summed E-state index contributed by atoms with van der Waals surface area (Å²) in [6.07, 6.45) is 0. The Kier molecular flexibility index (Phi) is 13.4. The van der Waals surface area contributed by atoms with Gasteiger partial charge in [-0.1, -0.05) is 20.4 Å². The van der Waals surface area contributed by atoms with Crippen molar-refractivity contribution in [1.29, 1.82) is 0 Å². The monoisotopic (exact) mass is 262 g/mol. The molecule has 1 aromatic carbocycles. The molecule has 0 aliphatic carbocycles. The van der Waals surface area contributed by atoms with Crippen LogP contribution in [0.25, 0.3) is 0 Å². The smallest absolute Gasteiger partial charge is 0.254 e. The summed E-state index contributed by atoms with van der Waals surface area (Å²) in [5.74, 6) is 0. The normalized spacial score (nSPS) is 7.33. The molecule has 0 fully saturated rings. The van der Waals surface area contributed by atoms with Crippen molar-refractivity contribution in [2.24, 2.45) is 0 Å². The minimum atomic E-state index is -3.67. The van der Waals surface area contributed by atoms with Crippen LogP contribution in [0.4, 0.5) is 12.9 Å². The van der Waals surface area contributed by atoms with Gasteiger partial charge in [0.1, 0.15) is 0 Å². The predicted molar refractivity (Wildman–Crippen MR) is 42.1 cm³/mol. The van der Waals surface area contributed by atoms with Gasteiger partial charge in [0.05, 0.1) is 0 Å². The van der Waals surface area contributed by atoms with Crippen molar-refractivity contribution < 1.29 is 64.3 Å². The third-order valence-corrected chi connectivity index (χ3v) is 1.16. The molecule has 0 N–H and O–H groups in total. The molecule has 12 heavy (non-hydrogen) atoms. The Morgan fingerprint density at radius 3 is 1.92 bits per heavy atom. The van der Waals surface area contributed by atoms with Gasteiger partial charge in [-0.2, -0.15) is 30.3 Å². The van der Waals surface area contributed by atoms with Crippen LogP contribution < -0.4 is 51.4 Å². The molecule has 0 unspecified atom stereocenters. The molecule has 0 aliphatic rings. The van der Waals surface area contributed by atoms with Crippen LogP contribution in [0.15, 0.2) is 28.7 Å². The zero-order valence-electron chi connectivity index (χ0n) is 6.40. The first-order valence-electron chi connectivity index (χ1n) is 2.67. The van der Waals surface area contributed by atoms with Gasteiger partial charge in [0.2, 0.25) is 0 Å². The molecule has 1 aromatic rings. The first-order chi connectivity index (χ1) is 5.13. The Balaban J connectivity index is 0. The summed E-state index contributed by atoms with van der Waals surface area (Å²) in [6, 6.07) is 10.7. The van der Waals surface area contributed by atoms with Crippen molar-refractivity contribution in [3.8, 4) is 0 Å². The molecule has 1 rings (SSSR count). The topological polar surface area (TPSA) is 0 Å². The van der Waals surface area contributed by atoms with E-state index in [0.717, 1.165) is 4.47 Å². The number of rotatable bonds is 0. The fourth-order valence-corrected chi connectivity index (χ4v) is 0.656. The van der Waals surface area contributed by atoms with Crippen LogP contribution in [-0.4, -0.2) is 7.54 Å². The molecule has 0 nitrogen and oxygen atoms in total.